The van der Waals surface area contributed by atoms with Crippen LogP contribution in [0, 0.1) is 0 Å². The van der Waals surface area contributed by atoms with Crippen molar-refractivity contribution in [3.8, 4) is 0 Å². The number of esters is 1. The maximum Gasteiger partial charge on any atom is 0.333 e. The van der Waals surface area contributed by atoms with Gasteiger partial charge in [-0.1, -0.05) is 17.7 Å². The molecule has 0 unspecified atom stereocenters. The second-order valence-electron chi connectivity index (χ2n) is 4.51. The molecule has 0 atom stereocenters. The minimum Gasteiger partial charge on any atom is -0.456 e. The maximum atomic E-state index is 11.3. The molecule has 2 aromatic heterocycles. The van der Waals surface area contributed by atoms with Crippen LogP contribution in [-0.4, -0.2) is 27.4 Å². The molecule has 0 amide bonds. The quantitative estimate of drug-likeness (QED) is 0.626. The summed E-state index contributed by atoms with van der Waals surface area (Å²) in [6, 6.07) is 3.67. The molecule has 0 bridgehead atoms. The molecule has 108 valence electrons. The summed E-state index contributed by atoms with van der Waals surface area (Å²) in [6.45, 7) is 1.54. The highest BCUT2D eigenvalue weighted by Crippen LogP contribution is 2.20. The molecule has 2 aromatic rings. The fourth-order valence-corrected chi connectivity index (χ4v) is 2.76. The van der Waals surface area contributed by atoms with Crippen LogP contribution in [0.25, 0.3) is 0 Å². The highest BCUT2D eigenvalue weighted by Gasteiger charge is 2.20. The third kappa shape index (κ3) is 3.59. The SMILES string of the molecule is O=C1C=C(N(Cc2ccc(Cl)nc2)Cc2nccs2)CO1. The van der Waals surface area contributed by atoms with Crippen molar-refractivity contribution in [2.45, 2.75) is 13.1 Å². The van der Waals surface area contributed by atoms with Crippen LogP contribution in [-0.2, 0) is 22.6 Å². The van der Waals surface area contributed by atoms with Crippen LogP contribution in [0.5, 0.6) is 0 Å². The Labute approximate surface area is 130 Å². The highest BCUT2D eigenvalue weighted by atomic mass is 35.5. The first-order valence-corrected chi connectivity index (χ1v) is 7.57. The largest absolute Gasteiger partial charge is 0.456 e. The average molecular weight is 322 g/mol. The van der Waals surface area contributed by atoms with Crippen LogP contribution < -0.4 is 0 Å². The molecule has 0 saturated carbocycles. The fourth-order valence-electron chi connectivity index (χ4n) is 2.02. The van der Waals surface area contributed by atoms with E-state index < -0.39 is 0 Å². The summed E-state index contributed by atoms with van der Waals surface area (Å²) < 4.78 is 5.00. The number of hydrogen-bond acceptors (Lipinski definition) is 6. The van der Waals surface area contributed by atoms with Crippen molar-refractivity contribution in [1.29, 1.82) is 0 Å². The molecule has 7 heteroatoms. The van der Waals surface area contributed by atoms with Crippen LogP contribution in [0.15, 0.2) is 41.7 Å². The van der Waals surface area contributed by atoms with Gasteiger partial charge in [0.2, 0.25) is 0 Å². The Balaban J connectivity index is 1.79. The molecule has 0 N–H and O–H groups in total. The molecule has 21 heavy (non-hydrogen) atoms. The second-order valence-corrected chi connectivity index (χ2v) is 5.88. The summed E-state index contributed by atoms with van der Waals surface area (Å²) in [5.74, 6) is -0.302. The van der Waals surface area contributed by atoms with Gasteiger partial charge in [-0.25, -0.2) is 14.8 Å². The summed E-state index contributed by atoms with van der Waals surface area (Å²) in [4.78, 5) is 21.7. The molecule has 1 aliphatic heterocycles. The first-order valence-electron chi connectivity index (χ1n) is 6.32. The van der Waals surface area contributed by atoms with E-state index in [-0.39, 0.29) is 5.97 Å². The van der Waals surface area contributed by atoms with Gasteiger partial charge in [0.1, 0.15) is 16.8 Å². The molecule has 3 rings (SSSR count). The van der Waals surface area contributed by atoms with E-state index in [2.05, 4.69) is 14.9 Å². The minimum absolute atomic E-state index is 0.297. The van der Waals surface area contributed by atoms with Crippen molar-refractivity contribution in [3.63, 3.8) is 0 Å². The number of aromatic nitrogens is 2. The fraction of sp³-hybridized carbons (Fsp3) is 0.214. The van der Waals surface area contributed by atoms with E-state index in [9.17, 15) is 4.79 Å². The molecule has 1 aliphatic rings. The van der Waals surface area contributed by atoms with E-state index in [4.69, 9.17) is 16.3 Å². The van der Waals surface area contributed by atoms with Crippen LogP contribution in [0.4, 0.5) is 0 Å². The molecule has 0 radical (unpaired) electrons. The van der Waals surface area contributed by atoms with Crippen molar-refractivity contribution in [1.82, 2.24) is 14.9 Å². The first kappa shape index (κ1) is 14.0. The molecular formula is C14H12ClN3O2S. The lowest BCUT2D eigenvalue weighted by molar-refractivity contribution is -0.135. The molecule has 0 aromatic carbocycles. The van der Waals surface area contributed by atoms with E-state index in [0.717, 1.165) is 16.3 Å². The van der Waals surface area contributed by atoms with Gasteiger partial charge < -0.3 is 9.64 Å². The van der Waals surface area contributed by atoms with Gasteiger partial charge in [0.05, 0.1) is 12.2 Å². The van der Waals surface area contributed by atoms with Crippen molar-refractivity contribution >= 4 is 28.9 Å². The Kier molecular flexibility index (Phi) is 4.17. The van der Waals surface area contributed by atoms with Crippen LogP contribution in [0.1, 0.15) is 10.6 Å². The molecule has 0 fully saturated rings. The van der Waals surface area contributed by atoms with Gasteiger partial charge in [0, 0.05) is 30.4 Å². The normalized spacial score (nSPS) is 14.0. The van der Waals surface area contributed by atoms with Gasteiger partial charge in [0.15, 0.2) is 0 Å². The number of carbonyl (C=O) groups is 1. The zero-order valence-corrected chi connectivity index (χ0v) is 12.6. The highest BCUT2D eigenvalue weighted by molar-refractivity contribution is 7.09. The zero-order valence-electron chi connectivity index (χ0n) is 11.0. The number of rotatable bonds is 5. The molecular weight excluding hydrogens is 310 g/mol. The number of pyridine rings is 1. The molecule has 0 saturated heterocycles. The Morgan fingerprint density at radius 2 is 2.24 bits per heavy atom. The minimum atomic E-state index is -0.302. The lowest BCUT2D eigenvalue weighted by atomic mass is 10.2. The molecule has 0 aliphatic carbocycles. The first-order chi connectivity index (χ1) is 10.2. The van der Waals surface area contributed by atoms with Gasteiger partial charge in [-0.2, -0.15) is 0 Å². The summed E-state index contributed by atoms with van der Waals surface area (Å²) in [6.07, 6.45) is 5.03. The third-order valence-corrected chi connectivity index (χ3v) is 4.01. The van der Waals surface area contributed by atoms with E-state index in [0.29, 0.717) is 24.8 Å². The van der Waals surface area contributed by atoms with Gasteiger partial charge in [-0.05, 0) is 11.6 Å². The predicted molar refractivity (Wildman–Crippen MR) is 79.7 cm³/mol. The summed E-state index contributed by atoms with van der Waals surface area (Å²) in [5.41, 5.74) is 1.86. The smallest absolute Gasteiger partial charge is 0.333 e. The van der Waals surface area contributed by atoms with Crippen LogP contribution in [0.2, 0.25) is 5.15 Å². The lowest BCUT2D eigenvalue weighted by Crippen LogP contribution is -2.23. The standard InChI is InChI=1S/C14H12ClN3O2S/c15-12-2-1-10(6-17-12)7-18(8-13-16-3-4-21-13)11-5-14(19)20-9-11/h1-6H,7-9H2. The van der Waals surface area contributed by atoms with Gasteiger partial charge in [-0.3, -0.25) is 0 Å². The van der Waals surface area contributed by atoms with E-state index in [1.54, 1.807) is 29.8 Å². The number of thiazole rings is 1. The van der Waals surface area contributed by atoms with Gasteiger partial charge in [-0.15, -0.1) is 11.3 Å². The Hall–Kier alpha value is -1.92. The number of ether oxygens (including phenoxy) is 1. The predicted octanol–water partition coefficient (Wildman–Crippen LogP) is 2.63. The number of hydrogen-bond donors (Lipinski definition) is 0. The monoisotopic (exact) mass is 321 g/mol. The van der Waals surface area contributed by atoms with Crippen molar-refractivity contribution < 1.29 is 9.53 Å². The molecule has 5 nitrogen and oxygen atoms in total. The van der Waals surface area contributed by atoms with Crippen molar-refractivity contribution in [2.24, 2.45) is 0 Å². The maximum absolute atomic E-state index is 11.3. The Morgan fingerprint density at radius 3 is 2.86 bits per heavy atom. The topological polar surface area (TPSA) is 55.3 Å². The molecule has 0 spiro atoms. The number of carbonyl (C=O) groups excluding carboxylic acids is 1. The lowest BCUT2D eigenvalue weighted by Gasteiger charge is -2.23. The second kappa shape index (κ2) is 6.24. The number of halogens is 1. The van der Waals surface area contributed by atoms with Gasteiger partial charge in [0.25, 0.3) is 0 Å². The van der Waals surface area contributed by atoms with Gasteiger partial charge >= 0.3 is 5.97 Å². The third-order valence-electron chi connectivity index (χ3n) is 3.02. The summed E-state index contributed by atoms with van der Waals surface area (Å²) >= 11 is 7.38. The Bertz CT molecular complexity index is 655. The average Bonchev–Trinajstić information content (AvgIpc) is 3.12. The van der Waals surface area contributed by atoms with E-state index in [1.807, 2.05) is 11.4 Å². The van der Waals surface area contributed by atoms with E-state index >= 15 is 0 Å². The number of nitrogens with zero attached hydrogens (tertiary/aromatic N) is 3. The molecule has 3 heterocycles. The number of cyclic esters (lactones) is 1. The van der Waals surface area contributed by atoms with Crippen molar-refractivity contribution in [2.75, 3.05) is 6.61 Å². The van der Waals surface area contributed by atoms with Crippen molar-refractivity contribution in [3.05, 3.63) is 57.4 Å². The van der Waals surface area contributed by atoms with E-state index in [1.165, 1.54) is 6.08 Å². The van der Waals surface area contributed by atoms with Crippen LogP contribution in [0.3, 0.4) is 0 Å². The summed E-state index contributed by atoms with van der Waals surface area (Å²) in [7, 11) is 0. The van der Waals surface area contributed by atoms with Crippen LogP contribution >= 0.6 is 22.9 Å². The zero-order chi connectivity index (χ0) is 14.7. The Morgan fingerprint density at radius 1 is 1.33 bits per heavy atom. The summed E-state index contributed by atoms with van der Waals surface area (Å²) in [5, 5.41) is 3.38.